The Morgan fingerprint density at radius 2 is 1.92 bits per heavy atom. The number of likely N-dealkylation sites (N-methyl/N-ethyl adjacent to an activating group) is 1. The van der Waals surface area contributed by atoms with Crippen molar-refractivity contribution in [1.82, 2.24) is 20.5 Å². The predicted octanol–water partition coefficient (Wildman–Crippen LogP) is 3.06. The molecule has 1 saturated carbocycles. The third-order valence-electron chi connectivity index (χ3n) is 5.62. The lowest BCUT2D eigenvalue weighted by molar-refractivity contribution is 0.249. The number of hydrogen-bond acceptors (Lipinski definition) is 2. The molecule has 1 heterocycles. The summed E-state index contributed by atoms with van der Waals surface area (Å²) in [6.45, 7) is 5.02. The van der Waals surface area contributed by atoms with Crippen LogP contribution in [0.15, 0.2) is 29.3 Å². The molecule has 1 aliphatic rings. The lowest BCUT2D eigenvalue weighted by Gasteiger charge is -2.24. The molecule has 1 fully saturated rings. The van der Waals surface area contributed by atoms with Gasteiger partial charge in [-0.2, -0.15) is 0 Å². The fourth-order valence-electron chi connectivity index (χ4n) is 4.06. The van der Waals surface area contributed by atoms with Gasteiger partial charge >= 0.3 is 0 Å². The average molecular weight is 356 g/mol. The lowest BCUT2D eigenvalue weighted by Crippen LogP contribution is -2.43. The standard InChI is InChI=1S/C21H33N5/c1-16-18(19-10-6-7-11-20(19)25-16)12-13-23-21(22-2)24-14-15-26(3)17-8-4-5-9-17/h6-7,10-11,17,25H,4-5,8-9,12-15H2,1-3H3,(H2,22,23,24). The highest BCUT2D eigenvalue weighted by atomic mass is 15.2. The molecule has 0 atom stereocenters. The number of benzene rings is 1. The maximum absolute atomic E-state index is 4.35. The minimum absolute atomic E-state index is 0.775. The molecule has 2 aromatic rings. The fourth-order valence-corrected chi connectivity index (χ4v) is 4.06. The summed E-state index contributed by atoms with van der Waals surface area (Å²) in [5.41, 5.74) is 3.87. The van der Waals surface area contributed by atoms with E-state index in [-0.39, 0.29) is 0 Å². The van der Waals surface area contributed by atoms with E-state index in [9.17, 15) is 0 Å². The number of aromatic nitrogens is 1. The summed E-state index contributed by atoms with van der Waals surface area (Å²) in [6, 6.07) is 9.29. The largest absolute Gasteiger partial charge is 0.358 e. The van der Waals surface area contributed by atoms with Crippen LogP contribution in [0.25, 0.3) is 10.9 Å². The zero-order valence-corrected chi connectivity index (χ0v) is 16.4. The Morgan fingerprint density at radius 3 is 2.69 bits per heavy atom. The van der Waals surface area contributed by atoms with Gasteiger partial charge in [0, 0.05) is 49.3 Å². The Hall–Kier alpha value is -2.01. The van der Waals surface area contributed by atoms with Crippen LogP contribution in [-0.2, 0) is 6.42 Å². The van der Waals surface area contributed by atoms with Gasteiger partial charge in [-0.3, -0.25) is 4.99 Å². The van der Waals surface area contributed by atoms with E-state index in [1.807, 2.05) is 7.05 Å². The Kier molecular flexibility index (Phi) is 6.56. The molecule has 5 heteroatoms. The molecule has 0 amide bonds. The second-order valence-corrected chi connectivity index (χ2v) is 7.37. The number of aliphatic imine (C=N–C) groups is 1. The molecule has 0 aliphatic heterocycles. The monoisotopic (exact) mass is 355 g/mol. The van der Waals surface area contributed by atoms with E-state index in [0.29, 0.717) is 0 Å². The highest BCUT2D eigenvalue weighted by molar-refractivity contribution is 5.84. The van der Waals surface area contributed by atoms with Crippen molar-refractivity contribution in [3.8, 4) is 0 Å². The number of H-pyrrole nitrogens is 1. The Labute approximate surface area is 157 Å². The Bertz CT molecular complexity index is 727. The average Bonchev–Trinajstić information content (AvgIpc) is 3.28. The van der Waals surface area contributed by atoms with E-state index in [4.69, 9.17) is 0 Å². The number of rotatable bonds is 7. The zero-order chi connectivity index (χ0) is 18.4. The first-order valence-corrected chi connectivity index (χ1v) is 9.90. The van der Waals surface area contributed by atoms with Crippen LogP contribution in [0.2, 0.25) is 0 Å². The summed E-state index contributed by atoms with van der Waals surface area (Å²) < 4.78 is 0. The van der Waals surface area contributed by atoms with E-state index in [2.05, 4.69) is 63.7 Å². The predicted molar refractivity (Wildman–Crippen MR) is 111 cm³/mol. The molecule has 5 nitrogen and oxygen atoms in total. The number of para-hydroxylation sites is 1. The molecule has 26 heavy (non-hydrogen) atoms. The normalized spacial score (nSPS) is 15.9. The Morgan fingerprint density at radius 1 is 1.19 bits per heavy atom. The van der Waals surface area contributed by atoms with Gasteiger partial charge in [-0.15, -0.1) is 0 Å². The van der Waals surface area contributed by atoms with Crippen molar-refractivity contribution in [2.45, 2.75) is 45.1 Å². The quantitative estimate of drug-likeness (QED) is 0.528. The molecule has 3 N–H and O–H groups in total. The van der Waals surface area contributed by atoms with E-state index >= 15 is 0 Å². The van der Waals surface area contributed by atoms with Gasteiger partial charge in [0.15, 0.2) is 5.96 Å². The molecule has 0 unspecified atom stereocenters. The minimum atomic E-state index is 0.775. The van der Waals surface area contributed by atoms with Crippen molar-refractivity contribution >= 4 is 16.9 Å². The van der Waals surface area contributed by atoms with E-state index in [1.54, 1.807) is 0 Å². The fraction of sp³-hybridized carbons (Fsp3) is 0.571. The van der Waals surface area contributed by atoms with Gasteiger partial charge in [0.25, 0.3) is 0 Å². The topological polar surface area (TPSA) is 55.5 Å². The molecule has 142 valence electrons. The Balaban J connectivity index is 1.43. The number of nitrogens with one attached hydrogen (secondary N) is 3. The lowest BCUT2D eigenvalue weighted by atomic mass is 10.1. The van der Waals surface area contributed by atoms with Gasteiger partial charge < -0.3 is 20.5 Å². The van der Waals surface area contributed by atoms with Crippen molar-refractivity contribution in [2.75, 3.05) is 33.7 Å². The number of hydrogen-bond donors (Lipinski definition) is 3. The molecular formula is C21H33N5. The van der Waals surface area contributed by atoms with E-state index in [0.717, 1.165) is 38.1 Å². The summed E-state index contributed by atoms with van der Waals surface area (Å²) in [5.74, 6) is 0.891. The second kappa shape index (κ2) is 9.08. The summed E-state index contributed by atoms with van der Waals surface area (Å²) in [7, 11) is 4.08. The first-order chi connectivity index (χ1) is 12.7. The van der Waals surface area contributed by atoms with Crippen molar-refractivity contribution in [3.05, 3.63) is 35.5 Å². The van der Waals surface area contributed by atoms with Crippen LogP contribution >= 0.6 is 0 Å². The molecule has 0 bridgehead atoms. The molecule has 1 aromatic carbocycles. The van der Waals surface area contributed by atoms with Crippen molar-refractivity contribution in [2.24, 2.45) is 4.99 Å². The zero-order valence-electron chi connectivity index (χ0n) is 16.4. The molecule has 0 saturated heterocycles. The third-order valence-corrected chi connectivity index (χ3v) is 5.62. The summed E-state index contributed by atoms with van der Waals surface area (Å²) in [4.78, 5) is 10.3. The van der Waals surface area contributed by atoms with Crippen LogP contribution in [0.3, 0.4) is 0 Å². The summed E-state index contributed by atoms with van der Waals surface area (Å²) in [6.07, 6.45) is 6.47. The van der Waals surface area contributed by atoms with Crippen molar-refractivity contribution in [1.29, 1.82) is 0 Å². The number of nitrogens with zero attached hydrogens (tertiary/aromatic N) is 2. The molecule has 1 aromatic heterocycles. The summed E-state index contributed by atoms with van der Waals surface area (Å²) in [5, 5.41) is 8.22. The van der Waals surface area contributed by atoms with Crippen molar-refractivity contribution < 1.29 is 0 Å². The number of guanidine groups is 1. The van der Waals surface area contributed by atoms with Gasteiger partial charge in [0.2, 0.25) is 0 Å². The SMILES string of the molecule is CN=C(NCCc1c(C)[nH]c2ccccc12)NCCN(C)C1CCCC1. The number of fused-ring (bicyclic) bond motifs is 1. The highest BCUT2D eigenvalue weighted by Crippen LogP contribution is 2.22. The highest BCUT2D eigenvalue weighted by Gasteiger charge is 2.18. The van der Waals surface area contributed by atoms with Crippen LogP contribution in [-0.4, -0.2) is 55.6 Å². The second-order valence-electron chi connectivity index (χ2n) is 7.37. The molecule has 0 spiro atoms. The first kappa shape index (κ1) is 18.8. The molecule has 0 radical (unpaired) electrons. The third kappa shape index (κ3) is 4.58. The van der Waals surface area contributed by atoms with E-state index < -0.39 is 0 Å². The van der Waals surface area contributed by atoms with Gasteiger partial charge in [0.1, 0.15) is 0 Å². The molecular weight excluding hydrogens is 322 g/mol. The van der Waals surface area contributed by atoms with Gasteiger partial charge in [-0.25, -0.2) is 0 Å². The smallest absolute Gasteiger partial charge is 0.191 e. The van der Waals surface area contributed by atoms with Crippen LogP contribution in [0.5, 0.6) is 0 Å². The van der Waals surface area contributed by atoms with Crippen LogP contribution in [0, 0.1) is 6.92 Å². The van der Waals surface area contributed by atoms with Crippen LogP contribution in [0.1, 0.15) is 36.9 Å². The minimum Gasteiger partial charge on any atom is -0.358 e. The molecule has 1 aliphatic carbocycles. The number of aryl methyl sites for hydroxylation is 1. The summed E-state index contributed by atoms with van der Waals surface area (Å²) >= 11 is 0. The van der Waals surface area contributed by atoms with E-state index in [1.165, 1.54) is 47.8 Å². The maximum atomic E-state index is 4.35. The van der Waals surface area contributed by atoms with Gasteiger partial charge in [0.05, 0.1) is 0 Å². The van der Waals surface area contributed by atoms with Crippen LogP contribution < -0.4 is 10.6 Å². The van der Waals surface area contributed by atoms with Gasteiger partial charge in [-0.05, 0) is 44.9 Å². The first-order valence-electron chi connectivity index (χ1n) is 9.90. The van der Waals surface area contributed by atoms with Crippen LogP contribution in [0.4, 0.5) is 0 Å². The number of aromatic amines is 1. The molecule has 3 rings (SSSR count). The van der Waals surface area contributed by atoms with Crippen molar-refractivity contribution in [3.63, 3.8) is 0 Å². The van der Waals surface area contributed by atoms with Gasteiger partial charge in [-0.1, -0.05) is 31.0 Å². The maximum Gasteiger partial charge on any atom is 0.191 e.